The highest BCUT2D eigenvalue weighted by atomic mass is 79.9. The molecular formula is C12H11BrO2. The second kappa shape index (κ2) is 4.73. The Balaban J connectivity index is 2.36. The number of rotatable bonds is 2. The highest BCUT2D eigenvalue weighted by molar-refractivity contribution is 9.10. The number of hydrogen-bond donors (Lipinski definition) is 0. The number of benzene rings is 1. The summed E-state index contributed by atoms with van der Waals surface area (Å²) in [5.74, 6) is 0. The van der Waals surface area contributed by atoms with Crippen LogP contribution in [0.25, 0.3) is 5.57 Å². The maximum absolute atomic E-state index is 10.8. The van der Waals surface area contributed by atoms with E-state index < -0.39 is 0 Å². The summed E-state index contributed by atoms with van der Waals surface area (Å²) in [5.41, 5.74) is 3.07. The molecule has 1 aliphatic rings. The lowest BCUT2D eigenvalue weighted by Crippen LogP contribution is -2.03. The van der Waals surface area contributed by atoms with Crippen LogP contribution in [0.2, 0.25) is 0 Å². The van der Waals surface area contributed by atoms with Gasteiger partial charge in [-0.15, -0.1) is 0 Å². The molecule has 2 nitrogen and oxygen atoms in total. The summed E-state index contributed by atoms with van der Waals surface area (Å²) >= 11 is 3.34. The Morgan fingerprint density at radius 2 is 2.27 bits per heavy atom. The fourth-order valence-corrected chi connectivity index (χ4v) is 1.96. The zero-order valence-electron chi connectivity index (χ0n) is 8.20. The zero-order chi connectivity index (χ0) is 10.7. The maximum Gasteiger partial charge on any atom is 0.151 e. The molecule has 15 heavy (non-hydrogen) atoms. The maximum atomic E-state index is 10.8. The first-order chi connectivity index (χ1) is 7.31. The van der Waals surface area contributed by atoms with Gasteiger partial charge in [0.05, 0.1) is 13.2 Å². The van der Waals surface area contributed by atoms with Gasteiger partial charge in [-0.2, -0.15) is 0 Å². The lowest BCUT2D eigenvalue weighted by molar-refractivity contribution is 0.112. The van der Waals surface area contributed by atoms with E-state index >= 15 is 0 Å². The molecule has 1 aromatic rings. The number of carbonyl (C=O) groups excluding carboxylic acids is 1. The standard InChI is InChI=1S/C12H11BrO2/c13-12-2-1-10(7-11(12)8-14)9-3-5-15-6-4-9/h1-3,7-8H,4-6H2. The summed E-state index contributed by atoms with van der Waals surface area (Å²) in [6.07, 6.45) is 3.86. The molecule has 0 aromatic heterocycles. The molecule has 0 amide bonds. The van der Waals surface area contributed by atoms with Crippen molar-refractivity contribution in [1.82, 2.24) is 0 Å². The van der Waals surface area contributed by atoms with Gasteiger partial charge in [-0.3, -0.25) is 4.79 Å². The third-order valence-electron chi connectivity index (χ3n) is 2.46. The van der Waals surface area contributed by atoms with Crippen molar-refractivity contribution in [2.24, 2.45) is 0 Å². The molecule has 1 aliphatic heterocycles. The van der Waals surface area contributed by atoms with Gasteiger partial charge in [0.2, 0.25) is 0 Å². The van der Waals surface area contributed by atoms with Crippen molar-refractivity contribution in [1.29, 1.82) is 0 Å². The van der Waals surface area contributed by atoms with Gasteiger partial charge in [0.1, 0.15) is 0 Å². The molecule has 1 aromatic carbocycles. The highest BCUT2D eigenvalue weighted by Crippen LogP contribution is 2.25. The van der Waals surface area contributed by atoms with Gasteiger partial charge in [-0.25, -0.2) is 0 Å². The second-order valence-corrected chi connectivity index (χ2v) is 4.26. The second-order valence-electron chi connectivity index (χ2n) is 3.41. The van der Waals surface area contributed by atoms with Crippen molar-refractivity contribution in [2.45, 2.75) is 6.42 Å². The van der Waals surface area contributed by atoms with Crippen LogP contribution in [0.4, 0.5) is 0 Å². The lowest BCUT2D eigenvalue weighted by Gasteiger charge is -2.14. The Morgan fingerprint density at radius 3 is 2.93 bits per heavy atom. The summed E-state index contributed by atoms with van der Waals surface area (Å²) < 4.78 is 6.09. The van der Waals surface area contributed by atoms with Crippen LogP contribution in [0.3, 0.4) is 0 Å². The quantitative estimate of drug-likeness (QED) is 0.770. The molecule has 0 saturated heterocycles. The van der Waals surface area contributed by atoms with Crippen LogP contribution in [-0.2, 0) is 4.74 Å². The minimum absolute atomic E-state index is 0.668. The van der Waals surface area contributed by atoms with Gasteiger partial charge in [0, 0.05) is 10.0 Å². The van der Waals surface area contributed by atoms with E-state index in [0.29, 0.717) is 12.2 Å². The predicted molar refractivity (Wildman–Crippen MR) is 62.9 cm³/mol. The third-order valence-corrected chi connectivity index (χ3v) is 3.18. The SMILES string of the molecule is O=Cc1cc(C2=CCOCC2)ccc1Br. The molecule has 0 N–H and O–H groups in total. The number of halogens is 1. The van der Waals surface area contributed by atoms with Crippen LogP contribution in [0.5, 0.6) is 0 Å². The van der Waals surface area contributed by atoms with Gasteiger partial charge < -0.3 is 4.74 Å². The van der Waals surface area contributed by atoms with Gasteiger partial charge in [-0.1, -0.05) is 28.1 Å². The van der Waals surface area contributed by atoms with Crippen molar-refractivity contribution >= 4 is 27.8 Å². The average molecular weight is 267 g/mol. The summed E-state index contributed by atoms with van der Waals surface area (Å²) in [6.45, 7) is 1.43. The van der Waals surface area contributed by atoms with E-state index in [1.54, 1.807) is 0 Å². The van der Waals surface area contributed by atoms with Crippen molar-refractivity contribution in [3.05, 3.63) is 39.9 Å². The number of carbonyl (C=O) groups is 1. The van der Waals surface area contributed by atoms with Crippen LogP contribution >= 0.6 is 15.9 Å². The molecule has 0 radical (unpaired) electrons. The Bertz CT molecular complexity index is 410. The number of hydrogen-bond acceptors (Lipinski definition) is 2. The fourth-order valence-electron chi connectivity index (χ4n) is 1.62. The van der Waals surface area contributed by atoms with E-state index in [1.807, 2.05) is 18.2 Å². The van der Waals surface area contributed by atoms with Crippen molar-refractivity contribution in [2.75, 3.05) is 13.2 Å². The first-order valence-corrected chi connectivity index (χ1v) is 5.62. The minimum Gasteiger partial charge on any atom is -0.377 e. The van der Waals surface area contributed by atoms with Crippen molar-refractivity contribution < 1.29 is 9.53 Å². The molecular weight excluding hydrogens is 256 g/mol. The molecule has 0 unspecified atom stereocenters. The Morgan fingerprint density at radius 1 is 1.40 bits per heavy atom. The van der Waals surface area contributed by atoms with Crippen LogP contribution in [0.15, 0.2) is 28.7 Å². The molecule has 0 bridgehead atoms. The van der Waals surface area contributed by atoms with Gasteiger partial charge in [-0.05, 0) is 29.7 Å². The van der Waals surface area contributed by atoms with Crippen molar-refractivity contribution in [3.8, 4) is 0 Å². The Hall–Kier alpha value is -0.930. The van der Waals surface area contributed by atoms with E-state index in [0.717, 1.165) is 29.4 Å². The van der Waals surface area contributed by atoms with Gasteiger partial charge >= 0.3 is 0 Å². The van der Waals surface area contributed by atoms with E-state index in [4.69, 9.17) is 4.74 Å². The summed E-state index contributed by atoms with van der Waals surface area (Å²) in [6, 6.07) is 5.85. The normalized spacial score (nSPS) is 15.9. The largest absolute Gasteiger partial charge is 0.377 e. The minimum atomic E-state index is 0.668. The van der Waals surface area contributed by atoms with Crippen LogP contribution < -0.4 is 0 Å². The van der Waals surface area contributed by atoms with Gasteiger partial charge in [0.25, 0.3) is 0 Å². The molecule has 2 rings (SSSR count). The Kier molecular flexibility index (Phi) is 3.34. The molecule has 1 heterocycles. The van der Waals surface area contributed by atoms with E-state index in [1.165, 1.54) is 5.57 Å². The van der Waals surface area contributed by atoms with Crippen molar-refractivity contribution in [3.63, 3.8) is 0 Å². The van der Waals surface area contributed by atoms with E-state index in [-0.39, 0.29) is 0 Å². The first kappa shape index (κ1) is 10.6. The number of ether oxygens (including phenoxy) is 1. The van der Waals surface area contributed by atoms with Crippen LogP contribution in [0.1, 0.15) is 22.3 Å². The summed E-state index contributed by atoms with van der Waals surface area (Å²) in [4.78, 5) is 10.8. The van der Waals surface area contributed by atoms with Gasteiger partial charge in [0.15, 0.2) is 6.29 Å². The first-order valence-electron chi connectivity index (χ1n) is 4.83. The lowest BCUT2D eigenvalue weighted by atomic mass is 10.00. The molecule has 0 saturated carbocycles. The molecule has 0 atom stereocenters. The average Bonchev–Trinajstić information content (AvgIpc) is 2.31. The Labute approximate surface area is 97.1 Å². The highest BCUT2D eigenvalue weighted by Gasteiger charge is 2.08. The monoisotopic (exact) mass is 266 g/mol. The molecule has 0 spiro atoms. The molecule has 0 fully saturated rings. The topological polar surface area (TPSA) is 26.3 Å². The number of aldehydes is 1. The van der Waals surface area contributed by atoms with E-state index in [9.17, 15) is 4.79 Å². The zero-order valence-corrected chi connectivity index (χ0v) is 9.79. The summed E-state index contributed by atoms with van der Waals surface area (Å²) in [7, 11) is 0. The summed E-state index contributed by atoms with van der Waals surface area (Å²) in [5, 5.41) is 0. The fraction of sp³-hybridized carbons (Fsp3) is 0.250. The third kappa shape index (κ3) is 2.36. The molecule has 78 valence electrons. The smallest absolute Gasteiger partial charge is 0.151 e. The predicted octanol–water partition coefficient (Wildman–Crippen LogP) is 3.07. The van der Waals surface area contributed by atoms with E-state index in [2.05, 4.69) is 22.0 Å². The van der Waals surface area contributed by atoms with Crippen LogP contribution in [-0.4, -0.2) is 19.5 Å². The molecule has 0 aliphatic carbocycles. The van der Waals surface area contributed by atoms with Crippen LogP contribution in [0, 0.1) is 0 Å². The molecule has 3 heteroatoms.